The Balaban J connectivity index is 1.93. The predicted octanol–water partition coefficient (Wildman–Crippen LogP) is 2.72. The van der Waals surface area contributed by atoms with E-state index in [1.807, 2.05) is 0 Å². The van der Waals surface area contributed by atoms with Gasteiger partial charge in [-0.25, -0.2) is 4.39 Å². The van der Waals surface area contributed by atoms with Gasteiger partial charge in [-0.1, -0.05) is 25.0 Å². The van der Waals surface area contributed by atoms with Crippen LogP contribution in [0.5, 0.6) is 0 Å². The average Bonchev–Trinajstić information content (AvgIpc) is 2.84. The summed E-state index contributed by atoms with van der Waals surface area (Å²) in [6.45, 7) is 0.189. The fraction of sp³-hybridized carbons (Fsp3) is 0.571. The molecule has 100 valence electrons. The van der Waals surface area contributed by atoms with E-state index in [1.165, 1.54) is 31.7 Å². The first-order valence-electron chi connectivity index (χ1n) is 6.51. The molecule has 0 spiro atoms. The minimum atomic E-state index is -0.841. The van der Waals surface area contributed by atoms with Crippen molar-refractivity contribution >= 4 is 10.8 Å². The van der Waals surface area contributed by atoms with E-state index in [1.54, 1.807) is 12.1 Å². The van der Waals surface area contributed by atoms with Crippen molar-refractivity contribution in [2.75, 3.05) is 5.75 Å². The summed E-state index contributed by atoms with van der Waals surface area (Å²) in [6.07, 6.45) is 4.97. The van der Waals surface area contributed by atoms with E-state index in [4.69, 9.17) is 5.73 Å². The quantitative estimate of drug-likeness (QED) is 0.893. The topological polar surface area (TPSA) is 43.1 Å². The Morgan fingerprint density at radius 1 is 1.33 bits per heavy atom. The molecule has 1 aromatic carbocycles. The third-order valence-corrected chi connectivity index (χ3v) is 5.05. The normalized spacial score (nSPS) is 18.1. The fourth-order valence-electron chi connectivity index (χ4n) is 2.56. The van der Waals surface area contributed by atoms with Gasteiger partial charge < -0.3 is 5.73 Å². The summed E-state index contributed by atoms with van der Waals surface area (Å²) in [5.41, 5.74) is 6.90. The zero-order valence-electron chi connectivity index (χ0n) is 10.5. The molecule has 4 heteroatoms. The van der Waals surface area contributed by atoms with Crippen LogP contribution in [0.2, 0.25) is 0 Å². The van der Waals surface area contributed by atoms with E-state index in [0.29, 0.717) is 17.2 Å². The maximum Gasteiger partial charge on any atom is 0.127 e. The van der Waals surface area contributed by atoms with Crippen LogP contribution in [0.25, 0.3) is 0 Å². The van der Waals surface area contributed by atoms with E-state index in [9.17, 15) is 8.60 Å². The van der Waals surface area contributed by atoms with Crippen LogP contribution < -0.4 is 5.73 Å². The lowest BCUT2D eigenvalue weighted by atomic mass is 10.1. The van der Waals surface area contributed by atoms with Crippen LogP contribution in [0.3, 0.4) is 0 Å². The Bertz CT molecular complexity index is 430. The first-order chi connectivity index (χ1) is 8.69. The number of rotatable bonds is 5. The Morgan fingerprint density at radius 2 is 2.06 bits per heavy atom. The summed E-state index contributed by atoms with van der Waals surface area (Å²) in [5.74, 6) is 1.65. The third-order valence-electron chi connectivity index (χ3n) is 3.55. The van der Waals surface area contributed by atoms with Gasteiger partial charge in [-0.15, -0.1) is 0 Å². The van der Waals surface area contributed by atoms with Gasteiger partial charge in [0, 0.05) is 34.4 Å². The fourth-order valence-corrected chi connectivity index (χ4v) is 4.09. The monoisotopic (exact) mass is 269 g/mol. The Hall–Kier alpha value is -0.740. The summed E-state index contributed by atoms with van der Waals surface area (Å²) in [5, 5.41) is 0. The van der Waals surface area contributed by atoms with Crippen molar-refractivity contribution in [1.29, 1.82) is 0 Å². The molecule has 0 amide bonds. The highest BCUT2D eigenvalue weighted by atomic mass is 32.2. The van der Waals surface area contributed by atoms with Gasteiger partial charge in [0.05, 0.1) is 0 Å². The highest BCUT2D eigenvalue weighted by molar-refractivity contribution is 7.84. The minimum absolute atomic E-state index is 0.189. The first kappa shape index (κ1) is 13.7. The molecule has 0 aromatic heterocycles. The number of nitrogens with two attached hydrogens (primary N) is 1. The second-order valence-electron chi connectivity index (χ2n) is 5.03. The lowest BCUT2D eigenvalue weighted by Gasteiger charge is -2.09. The molecule has 1 unspecified atom stereocenters. The molecule has 0 saturated heterocycles. The van der Waals surface area contributed by atoms with E-state index in [0.717, 1.165) is 11.3 Å². The summed E-state index contributed by atoms with van der Waals surface area (Å²) in [6, 6.07) is 4.87. The summed E-state index contributed by atoms with van der Waals surface area (Å²) < 4.78 is 25.3. The molecule has 1 atom stereocenters. The molecule has 2 rings (SSSR count). The van der Waals surface area contributed by atoms with Gasteiger partial charge in [0.1, 0.15) is 5.82 Å². The maximum absolute atomic E-state index is 13.3. The molecule has 2 N–H and O–H groups in total. The summed E-state index contributed by atoms with van der Waals surface area (Å²) in [7, 11) is -0.841. The maximum atomic E-state index is 13.3. The molecule has 2 nitrogen and oxygen atoms in total. The third kappa shape index (κ3) is 3.62. The Labute approximate surface area is 110 Å². The van der Waals surface area contributed by atoms with Gasteiger partial charge in [-0.3, -0.25) is 4.21 Å². The number of hydrogen-bond acceptors (Lipinski definition) is 2. The Kier molecular flexibility index (Phi) is 4.89. The van der Waals surface area contributed by atoms with Crippen LogP contribution >= 0.6 is 0 Å². The number of hydrogen-bond donors (Lipinski definition) is 1. The lowest BCUT2D eigenvalue weighted by molar-refractivity contribution is 0.603. The van der Waals surface area contributed by atoms with Gasteiger partial charge in [-0.05, 0) is 30.4 Å². The SMILES string of the molecule is NCc1cc(CS(=O)CC2CCCC2)ccc1F. The van der Waals surface area contributed by atoms with E-state index in [2.05, 4.69) is 0 Å². The van der Waals surface area contributed by atoms with Crippen LogP contribution in [0.4, 0.5) is 4.39 Å². The second-order valence-corrected chi connectivity index (χ2v) is 6.53. The number of benzene rings is 1. The van der Waals surface area contributed by atoms with Crippen molar-refractivity contribution in [3.63, 3.8) is 0 Å². The highest BCUT2D eigenvalue weighted by Gasteiger charge is 2.17. The predicted molar refractivity (Wildman–Crippen MR) is 73.0 cm³/mol. The van der Waals surface area contributed by atoms with Gasteiger partial charge in [0.15, 0.2) is 0 Å². The molecule has 0 aliphatic heterocycles. The molecule has 1 aromatic rings. The van der Waals surface area contributed by atoms with E-state index < -0.39 is 10.8 Å². The zero-order chi connectivity index (χ0) is 13.0. The number of halogens is 1. The summed E-state index contributed by atoms with van der Waals surface area (Å²) >= 11 is 0. The summed E-state index contributed by atoms with van der Waals surface area (Å²) in [4.78, 5) is 0. The second kappa shape index (κ2) is 6.43. The molecule has 18 heavy (non-hydrogen) atoms. The lowest BCUT2D eigenvalue weighted by Crippen LogP contribution is -2.10. The van der Waals surface area contributed by atoms with Crippen molar-refractivity contribution < 1.29 is 8.60 Å². The molecular formula is C14H20FNOS. The molecule has 1 fully saturated rings. The van der Waals surface area contributed by atoms with Crippen molar-refractivity contribution in [3.05, 3.63) is 35.1 Å². The van der Waals surface area contributed by atoms with Gasteiger partial charge in [0.25, 0.3) is 0 Å². The van der Waals surface area contributed by atoms with Crippen LogP contribution in [0.1, 0.15) is 36.8 Å². The van der Waals surface area contributed by atoms with E-state index >= 15 is 0 Å². The average molecular weight is 269 g/mol. The molecule has 1 aliphatic carbocycles. The molecule has 0 bridgehead atoms. The van der Waals surface area contributed by atoms with Crippen molar-refractivity contribution in [1.82, 2.24) is 0 Å². The highest BCUT2D eigenvalue weighted by Crippen LogP contribution is 2.26. The smallest absolute Gasteiger partial charge is 0.127 e. The van der Waals surface area contributed by atoms with Gasteiger partial charge in [-0.2, -0.15) is 0 Å². The molecular weight excluding hydrogens is 249 g/mol. The standard InChI is InChI=1S/C14H20FNOS/c15-14-6-5-12(7-13(14)8-16)10-18(17)9-11-3-1-2-4-11/h5-7,11H,1-4,8-10,16H2. The Morgan fingerprint density at radius 3 is 2.72 bits per heavy atom. The van der Waals surface area contributed by atoms with Crippen molar-refractivity contribution in [2.24, 2.45) is 11.7 Å². The molecule has 0 radical (unpaired) electrons. The molecule has 1 saturated carbocycles. The first-order valence-corrected chi connectivity index (χ1v) is 8.00. The van der Waals surface area contributed by atoms with Crippen LogP contribution in [-0.2, 0) is 23.1 Å². The molecule has 0 heterocycles. The van der Waals surface area contributed by atoms with Crippen molar-refractivity contribution in [3.8, 4) is 0 Å². The zero-order valence-corrected chi connectivity index (χ0v) is 11.3. The van der Waals surface area contributed by atoms with Crippen LogP contribution in [0.15, 0.2) is 18.2 Å². The van der Waals surface area contributed by atoms with Crippen molar-refractivity contribution in [2.45, 2.75) is 38.0 Å². The minimum Gasteiger partial charge on any atom is -0.326 e. The largest absolute Gasteiger partial charge is 0.326 e. The van der Waals surface area contributed by atoms with Gasteiger partial charge in [0.2, 0.25) is 0 Å². The van der Waals surface area contributed by atoms with Crippen LogP contribution in [0, 0.1) is 11.7 Å². The van der Waals surface area contributed by atoms with E-state index in [-0.39, 0.29) is 12.4 Å². The van der Waals surface area contributed by atoms with Gasteiger partial charge >= 0.3 is 0 Å². The van der Waals surface area contributed by atoms with Crippen LogP contribution in [-0.4, -0.2) is 9.96 Å². The molecule has 1 aliphatic rings.